The molecule has 1 fully saturated rings. The highest BCUT2D eigenvalue weighted by molar-refractivity contribution is 5.91. The largest absolute Gasteiger partial charge is 0.435 e. The van der Waals surface area contributed by atoms with E-state index in [9.17, 15) is 18.7 Å². The number of aliphatic hydroxyl groups excluding tert-OH is 1. The minimum absolute atomic E-state index is 0.0712. The summed E-state index contributed by atoms with van der Waals surface area (Å²) in [7, 11) is 0. The summed E-state index contributed by atoms with van der Waals surface area (Å²) in [5, 5.41) is 12.6. The molecule has 1 aromatic carbocycles. The maximum atomic E-state index is 12.0. The summed E-state index contributed by atoms with van der Waals surface area (Å²) >= 11 is 0. The van der Waals surface area contributed by atoms with Crippen LogP contribution in [0.5, 0.6) is 5.75 Å². The number of ether oxygens (including phenoxy) is 1. The molecule has 6 heteroatoms. The van der Waals surface area contributed by atoms with Crippen molar-refractivity contribution in [2.24, 2.45) is 0 Å². The number of nitrogens with one attached hydrogen (secondary N) is 1. The normalized spacial score (nSPS) is 22.0. The Morgan fingerprint density at radius 1 is 1.27 bits per heavy atom. The SMILES string of the molecule is O=C(/C=C/c1ccc(OC(F)F)cc1)NC1CCCCC1O. The minimum atomic E-state index is -2.85. The van der Waals surface area contributed by atoms with Crippen molar-refractivity contribution in [2.75, 3.05) is 0 Å². The van der Waals surface area contributed by atoms with Gasteiger partial charge in [-0.25, -0.2) is 0 Å². The fraction of sp³-hybridized carbons (Fsp3) is 0.438. The first-order chi connectivity index (χ1) is 10.5. The Balaban J connectivity index is 1.86. The van der Waals surface area contributed by atoms with E-state index in [0.29, 0.717) is 12.0 Å². The van der Waals surface area contributed by atoms with Gasteiger partial charge in [0.15, 0.2) is 0 Å². The van der Waals surface area contributed by atoms with Crippen LogP contribution in [0.1, 0.15) is 31.2 Å². The summed E-state index contributed by atoms with van der Waals surface area (Å²) in [6, 6.07) is 5.78. The average molecular weight is 311 g/mol. The quantitative estimate of drug-likeness (QED) is 0.822. The number of halogens is 2. The molecule has 0 bridgehead atoms. The van der Waals surface area contributed by atoms with Crippen molar-refractivity contribution in [2.45, 2.75) is 44.4 Å². The van der Waals surface area contributed by atoms with Crippen molar-refractivity contribution in [1.29, 1.82) is 0 Å². The lowest BCUT2D eigenvalue weighted by atomic mass is 9.92. The van der Waals surface area contributed by atoms with Gasteiger partial charge in [0.1, 0.15) is 5.75 Å². The predicted molar refractivity (Wildman–Crippen MR) is 78.5 cm³/mol. The molecule has 0 saturated heterocycles. The van der Waals surface area contributed by atoms with Gasteiger partial charge in [-0.05, 0) is 36.6 Å². The van der Waals surface area contributed by atoms with Crippen LogP contribution in [0.2, 0.25) is 0 Å². The second-order valence-corrected chi connectivity index (χ2v) is 5.25. The van der Waals surface area contributed by atoms with E-state index in [4.69, 9.17) is 0 Å². The van der Waals surface area contributed by atoms with Crippen molar-refractivity contribution in [3.05, 3.63) is 35.9 Å². The van der Waals surface area contributed by atoms with Crippen molar-refractivity contribution >= 4 is 12.0 Å². The lowest BCUT2D eigenvalue weighted by Crippen LogP contribution is -2.44. The first-order valence-electron chi connectivity index (χ1n) is 7.26. The van der Waals surface area contributed by atoms with Gasteiger partial charge in [0.2, 0.25) is 5.91 Å². The summed E-state index contributed by atoms with van der Waals surface area (Å²) in [5.74, 6) is -0.208. The Bertz CT molecular complexity index is 517. The molecule has 4 nitrogen and oxygen atoms in total. The number of alkyl halides is 2. The van der Waals surface area contributed by atoms with Crippen molar-refractivity contribution in [3.63, 3.8) is 0 Å². The number of carbonyl (C=O) groups is 1. The molecule has 2 rings (SSSR count). The zero-order chi connectivity index (χ0) is 15.9. The maximum Gasteiger partial charge on any atom is 0.387 e. The molecular weight excluding hydrogens is 292 g/mol. The highest BCUT2D eigenvalue weighted by Crippen LogP contribution is 2.18. The molecule has 2 N–H and O–H groups in total. The molecule has 0 heterocycles. The van der Waals surface area contributed by atoms with Crippen molar-refractivity contribution < 1.29 is 23.4 Å². The summed E-state index contributed by atoms with van der Waals surface area (Å²) in [6.45, 7) is -2.85. The molecule has 0 aromatic heterocycles. The monoisotopic (exact) mass is 311 g/mol. The lowest BCUT2D eigenvalue weighted by molar-refractivity contribution is -0.118. The lowest BCUT2D eigenvalue weighted by Gasteiger charge is -2.27. The minimum Gasteiger partial charge on any atom is -0.435 e. The molecule has 1 saturated carbocycles. The van der Waals surface area contributed by atoms with Crippen LogP contribution in [0.4, 0.5) is 8.78 Å². The Hall–Kier alpha value is -1.95. The summed E-state index contributed by atoms with van der Waals surface area (Å²) in [6.07, 6.45) is 5.92. The molecule has 0 spiro atoms. The van der Waals surface area contributed by atoms with Crippen molar-refractivity contribution in [3.8, 4) is 5.75 Å². The van der Waals surface area contributed by atoms with Crippen LogP contribution in [0.25, 0.3) is 6.08 Å². The fourth-order valence-electron chi connectivity index (χ4n) is 2.44. The molecule has 1 aliphatic rings. The molecule has 120 valence electrons. The molecular formula is C16H19F2NO3. The van der Waals surface area contributed by atoms with E-state index in [1.165, 1.54) is 18.2 Å². The number of benzene rings is 1. The molecule has 2 unspecified atom stereocenters. The molecule has 1 aromatic rings. The number of aliphatic hydroxyl groups is 1. The third kappa shape index (κ3) is 5.11. The number of rotatable bonds is 5. The maximum absolute atomic E-state index is 12.0. The molecule has 2 atom stereocenters. The number of hydrogen-bond acceptors (Lipinski definition) is 3. The highest BCUT2D eigenvalue weighted by atomic mass is 19.3. The van der Waals surface area contributed by atoms with Crippen LogP contribution >= 0.6 is 0 Å². The van der Waals surface area contributed by atoms with E-state index in [1.807, 2.05) is 0 Å². The van der Waals surface area contributed by atoms with Gasteiger partial charge in [0, 0.05) is 6.08 Å². The van der Waals surface area contributed by atoms with Gasteiger partial charge in [0.05, 0.1) is 12.1 Å². The van der Waals surface area contributed by atoms with Gasteiger partial charge in [-0.2, -0.15) is 8.78 Å². The zero-order valence-electron chi connectivity index (χ0n) is 12.0. The molecule has 22 heavy (non-hydrogen) atoms. The first-order valence-corrected chi connectivity index (χ1v) is 7.26. The van der Waals surface area contributed by atoms with Crippen LogP contribution in [0.15, 0.2) is 30.3 Å². The third-order valence-corrected chi connectivity index (χ3v) is 3.59. The standard InChI is InChI=1S/C16H19F2NO3/c17-16(18)22-12-8-5-11(6-9-12)7-10-15(21)19-13-3-1-2-4-14(13)20/h5-10,13-14,16,20H,1-4H2,(H,19,21)/b10-7+. The Morgan fingerprint density at radius 3 is 2.59 bits per heavy atom. The number of carbonyl (C=O) groups excluding carboxylic acids is 1. The molecule has 1 aliphatic carbocycles. The zero-order valence-corrected chi connectivity index (χ0v) is 12.0. The van der Waals surface area contributed by atoms with E-state index in [2.05, 4.69) is 10.1 Å². The highest BCUT2D eigenvalue weighted by Gasteiger charge is 2.23. The molecule has 0 aliphatic heterocycles. The van der Waals surface area contributed by atoms with Gasteiger partial charge in [-0.15, -0.1) is 0 Å². The Kier molecular flexibility index (Phi) is 5.89. The van der Waals surface area contributed by atoms with Crippen LogP contribution < -0.4 is 10.1 Å². The summed E-state index contributed by atoms with van der Waals surface area (Å²) < 4.78 is 28.3. The van der Waals surface area contributed by atoms with Gasteiger partial charge in [-0.1, -0.05) is 25.0 Å². The fourth-order valence-corrected chi connectivity index (χ4v) is 2.44. The second kappa shape index (κ2) is 7.89. The topological polar surface area (TPSA) is 58.6 Å². The average Bonchev–Trinajstić information content (AvgIpc) is 2.48. The van der Waals surface area contributed by atoms with Crippen LogP contribution in [0.3, 0.4) is 0 Å². The first kappa shape index (κ1) is 16.4. The summed E-state index contributed by atoms with van der Waals surface area (Å²) in [4.78, 5) is 11.8. The van der Waals surface area contributed by atoms with E-state index in [1.54, 1.807) is 18.2 Å². The molecule has 0 radical (unpaired) electrons. The second-order valence-electron chi connectivity index (χ2n) is 5.25. The van der Waals surface area contributed by atoms with Crippen LogP contribution in [-0.4, -0.2) is 29.8 Å². The van der Waals surface area contributed by atoms with E-state index in [-0.39, 0.29) is 17.7 Å². The predicted octanol–water partition coefficient (Wildman–Crippen LogP) is 2.72. The summed E-state index contributed by atoms with van der Waals surface area (Å²) in [5.41, 5.74) is 0.695. The van der Waals surface area contributed by atoms with Gasteiger partial charge in [-0.3, -0.25) is 4.79 Å². The Morgan fingerprint density at radius 2 is 1.95 bits per heavy atom. The van der Waals surface area contributed by atoms with E-state index < -0.39 is 12.7 Å². The van der Waals surface area contributed by atoms with Gasteiger partial charge in [0.25, 0.3) is 0 Å². The Labute approximate surface area is 127 Å². The van der Waals surface area contributed by atoms with Gasteiger partial charge >= 0.3 is 6.61 Å². The third-order valence-electron chi connectivity index (χ3n) is 3.59. The smallest absolute Gasteiger partial charge is 0.387 e. The van der Waals surface area contributed by atoms with Crippen LogP contribution in [-0.2, 0) is 4.79 Å². The number of amides is 1. The number of hydrogen-bond donors (Lipinski definition) is 2. The van der Waals surface area contributed by atoms with E-state index in [0.717, 1.165) is 19.3 Å². The van der Waals surface area contributed by atoms with E-state index >= 15 is 0 Å². The van der Waals surface area contributed by atoms with Crippen LogP contribution in [0, 0.1) is 0 Å². The molecule has 1 amide bonds. The van der Waals surface area contributed by atoms with Gasteiger partial charge < -0.3 is 15.2 Å². The van der Waals surface area contributed by atoms with Crippen molar-refractivity contribution in [1.82, 2.24) is 5.32 Å².